The molecule has 0 radical (unpaired) electrons. The van der Waals surface area contributed by atoms with Crippen LogP contribution in [0, 0.1) is 0 Å². The van der Waals surface area contributed by atoms with E-state index in [-0.39, 0.29) is 5.75 Å². The molecule has 0 atom stereocenters. The Morgan fingerprint density at radius 3 is 3.20 bits per heavy atom. The summed E-state index contributed by atoms with van der Waals surface area (Å²) in [6.07, 6.45) is 4.95. The highest BCUT2D eigenvalue weighted by atomic mass is 16.3. The van der Waals surface area contributed by atoms with Gasteiger partial charge in [-0.15, -0.1) is 0 Å². The maximum absolute atomic E-state index is 9.01. The Kier molecular flexibility index (Phi) is 0.917. The molecule has 0 fully saturated rings. The second-order valence-electron chi connectivity index (χ2n) is 2.11. The molecule has 0 aliphatic carbocycles. The lowest BCUT2D eigenvalue weighted by Gasteiger charge is -1.87. The zero-order chi connectivity index (χ0) is 6.97. The quantitative estimate of drug-likeness (QED) is 0.584. The first-order chi connectivity index (χ1) is 4.86. The molecule has 2 aromatic heterocycles. The Bertz CT molecular complexity index is 320. The van der Waals surface area contributed by atoms with Crippen LogP contribution in [0.4, 0.5) is 0 Å². The average Bonchev–Trinajstić information content (AvgIpc) is 2.27. The van der Waals surface area contributed by atoms with Gasteiger partial charge in [0.1, 0.15) is 5.75 Å². The van der Waals surface area contributed by atoms with E-state index in [0.29, 0.717) is 0 Å². The Hall–Kier alpha value is -1.51. The van der Waals surface area contributed by atoms with Crippen LogP contribution >= 0.6 is 0 Å². The van der Waals surface area contributed by atoms with E-state index in [1.165, 1.54) is 0 Å². The average molecular weight is 134 g/mol. The van der Waals surface area contributed by atoms with Gasteiger partial charge in [-0.05, 0) is 6.07 Å². The van der Waals surface area contributed by atoms with Gasteiger partial charge in [-0.2, -0.15) is 0 Å². The Morgan fingerprint density at radius 2 is 2.40 bits per heavy atom. The van der Waals surface area contributed by atoms with Crippen LogP contribution in [0.3, 0.4) is 0 Å². The molecule has 0 saturated heterocycles. The van der Waals surface area contributed by atoms with Crippen molar-refractivity contribution in [1.29, 1.82) is 0 Å². The van der Waals surface area contributed by atoms with E-state index >= 15 is 0 Å². The third-order valence-corrected chi connectivity index (χ3v) is 1.39. The summed E-state index contributed by atoms with van der Waals surface area (Å²) < 4.78 is 1.76. The lowest BCUT2D eigenvalue weighted by atomic mass is 10.5. The van der Waals surface area contributed by atoms with Gasteiger partial charge in [0.15, 0.2) is 0 Å². The van der Waals surface area contributed by atoms with Crippen LogP contribution in [0.25, 0.3) is 5.52 Å². The molecule has 1 N–H and O–H groups in total. The van der Waals surface area contributed by atoms with E-state index in [9.17, 15) is 0 Å². The van der Waals surface area contributed by atoms with Crippen molar-refractivity contribution in [2.75, 3.05) is 0 Å². The summed E-state index contributed by atoms with van der Waals surface area (Å²) in [5.41, 5.74) is 0.951. The first-order valence-corrected chi connectivity index (χ1v) is 2.97. The van der Waals surface area contributed by atoms with Gasteiger partial charge in [-0.25, -0.2) is 4.98 Å². The van der Waals surface area contributed by atoms with Crippen LogP contribution in [0.2, 0.25) is 0 Å². The van der Waals surface area contributed by atoms with Gasteiger partial charge in [0, 0.05) is 12.3 Å². The first kappa shape index (κ1) is 5.29. The minimum atomic E-state index is 0.271. The SMILES string of the molecule is Oc1cc2ccncn2c1. The molecule has 0 aliphatic rings. The van der Waals surface area contributed by atoms with Crippen molar-refractivity contribution in [3.05, 3.63) is 30.9 Å². The highest BCUT2D eigenvalue weighted by Gasteiger charge is 1.93. The molecule has 2 rings (SSSR count). The number of hydrogen-bond acceptors (Lipinski definition) is 2. The normalized spacial score (nSPS) is 10.4. The third kappa shape index (κ3) is 0.639. The van der Waals surface area contributed by atoms with E-state index < -0.39 is 0 Å². The molecule has 0 bridgehead atoms. The van der Waals surface area contributed by atoms with Gasteiger partial charge in [0.25, 0.3) is 0 Å². The van der Waals surface area contributed by atoms with Crippen molar-refractivity contribution < 1.29 is 5.11 Å². The van der Waals surface area contributed by atoms with Crippen LogP contribution < -0.4 is 0 Å². The summed E-state index contributed by atoms with van der Waals surface area (Å²) in [7, 11) is 0. The monoisotopic (exact) mass is 134 g/mol. The van der Waals surface area contributed by atoms with Crippen LogP contribution in [-0.4, -0.2) is 14.5 Å². The van der Waals surface area contributed by atoms with E-state index in [0.717, 1.165) is 5.52 Å². The van der Waals surface area contributed by atoms with E-state index in [4.69, 9.17) is 5.11 Å². The van der Waals surface area contributed by atoms with Crippen molar-refractivity contribution >= 4 is 5.52 Å². The number of aromatic nitrogens is 2. The number of nitrogens with zero attached hydrogens (tertiary/aromatic N) is 2. The van der Waals surface area contributed by atoms with Crippen LogP contribution in [0.15, 0.2) is 30.9 Å². The molecule has 2 heterocycles. The molecule has 50 valence electrons. The predicted octanol–water partition coefficient (Wildman–Crippen LogP) is 1.04. The third-order valence-electron chi connectivity index (χ3n) is 1.39. The molecule has 2 aromatic rings. The predicted molar refractivity (Wildman–Crippen MR) is 36.9 cm³/mol. The lowest BCUT2D eigenvalue weighted by Crippen LogP contribution is -1.80. The van der Waals surface area contributed by atoms with Crippen molar-refractivity contribution in [1.82, 2.24) is 9.38 Å². The largest absolute Gasteiger partial charge is 0.506 e. The smallest absolute Gasteiger partial charge is 0.134 e. The number of fused-ring (bicyclic) bond motifs is 1. The number of aromatic hydroxyl groups is 1. The maximum Gasteiger partial charge on any atom is 0.134 e. The standard InChI is InChI=1S/C7H6N2O/c10-7-3-6-1-2-8-5-9(6)4-7/h1-5,10H. The molecule has 3 nitrogen and oxygen atoms in total. The molecular weight excluding hydrogens is 128 g/mol. The zero-order valence-electron chi connectivity index (χ0n) is 5.23. The summed E-state index contributed by atoms with van der Waals surface area (Å²) >= 11 is 0. The molecule has 0 aliphatic heterocycles. The molecule has 0 aromatic carbocycles. The Morgan fingerprint density at radius 1 is 1.50 bits per heavy atom. The minimum absolute atomic E-state index is 0.271. The van der Waals surface area contributed by atoms with Gasteiger partial charge in [0.05, 0.1) is 18.0 Å². The Balaban J connectivity index is 2.88. The molecule has 10 heavy (non-hydrogen) atoms. The molecule has 0 spiro atoms. The van der Waals surface area contributed by atoms with Gasteiger partial charge in [-0.3, -0.25) is 0 Å². The van der Waals surface area contributed by atoms with Crippen molar-refractivity contribution in [3.63, 3.8) is 0 Å². The lowest BCUT2D eigenvalue weighted by molar-refractivity contribution is 0.475. The second-order valence-corrected chi connectivity index (χ2v) is 2.11. The van der Waals surface area contributed by atoms with Crippen molar-refractivity contribution in [2.45, 2.75) is 0 Å². The summed E-state index contributed by atoms with van der Waals surface area (Å²) in [6.45, 7) is 0. The maximum atomic E-state index is 9.01. The second kappa shape index (κ2) is 1.73. The number of hydrogen-bond donors (Lipinski definition) is 1. The van der Waals surface area contributed by atoms with Crippen LogP contribution in [-0.2, 0) is 0 Å². The summed E-state index contributed by atoms with van der Waals surface area (Å²) in [5, 5.41) is 9.01. The van der Waals surface area contributed by atoms with Crippen molar-refractivity contribution in [2.24, 2.45) is 0 Å². The van der Waals surface area contributed by atoms with Gasteiger partial charge < -0.3 is 9.51 Å². The van der Waals surface area contributed by atoms with Gasteiger partial charge in [-0.1, -0.05) is 0 Å². The van der Waals surface area contributed by atoms with E-state index in [1.807, 2.05) is 6.07 Å². The highest BCUT2D eigenvalue weighted by molar-refractivity contribution is 5.50. The van der Waals surface area contributed by atoms with Crippen LogP contribution in [0.5, 0.6) is 5.75 Å². The molecule has 0 amide bonds. The fraction of sp³-hybridized carbons (Fsp3) is 0. The molecule has 3 heteroatoms. The minimum Gasteiger partial charge on any atom is -0.506 e. The topological polar surface area (TPSA) is 37.5 Å². The van der Waals surface area contributed by atoms with E-state index in [1.54, 1.807) is 29.2 Å². The molecule has 0 saturated carbocycles. The highest BCUT2D eigenvalue weighted by Crippen LogP contribution is 2.13. The molecular formula is C7H6N2O. The van der Waals surface area contributed by atoms with Gasteiger partial charge >= 0.3 is 0 Å². The fourth-order valence-corrected chi connectivity index (χ4v) is 0.944. The Labute approximate surface area is 57.6 Å². The number of rotatable bonds is 0. The van der Waals surface area contributed by atoms with E-state index in [2.05, 4.69) is 4.98 Å². The summed E-state index contributed by atoms with van der Waals surface area (Å²) in [6, 6.07) is 3.52. The van der Waals surface area contributed by atoms with Crippen molar-refractivity contribution in [3.8, 4) is 5.75 Å². The first-order valence-electron chi connectivity index (χ1n) is 2.97. The molecule has 0 unspecified atom stereocenters. The fourth-order valence-electron chi connectivity index (χ4n) is 0.944. The summed E-state index contributed by atoms with van der Waals surface area (Å²) in [5.74, 6) is 0.271. The zero-order valence-corrected chi connectivity index (χ0v) is 5.23. The van der Waals surface area contributed by atoms with Crippen LogP contribution in [0.1, 0.15) is 0 Å². The summed E-state index contributed by atoms with van der Waals surface area (Å²) in [4.78, 5) is 3.88. The van der Waals surface area contributed by atoms with Gasteiger partial charge in [0.2, 0.25) is 0 Å².